The van der Waals surface area contributed by atoms with E-state index in [1.165, 1.54) is 4.88 Å². The van der Waals surface area contributed by atoms with Crippen molar-refractivity contribution >= 4 is 28.6 Å². The van der Waals surface area contributed by atoms with E-state index >= 15 is 0 Å². The Kier molecular flexibility index (Phi) is 4.93. The van der Waals surface area contributed by atoms with Crippen molar-refractivity contribution in [1.29, 1.82) is 0 Å². The molecule has 0 spiro atoms. The molecule has 0 saturated heterocycles. The van der Waals surface area contributed by atoms with Crippen molar-refractivity contribution in [3.63, 3.8) is 0 Å². The van der Waals surface area contributed by atoms with Gasteiger partial charge in [0.1, 0.15) is 0 Å². The molecular formula is C14H16ClNO2S. The van der Waals surface area contributed by atoms with E-state index in [0.717, 1.165) is 28.8 Å². The largest absolute Gasteiger partial charge is 0.493 e. The topological polar surface area (TPSA) is 30.5 Å². The van der Waals surface area contributed by atoms with Crippen LogP contribution in [0.1, 0.15) is 11.8 Å². The van der Waals surface area contributed by atoms with Gasteiger partial charge in [-0.15, -0.1) is 11.3 Å². The maximum atomic E-state index is 5.89. The van der Waals surface area contributed by atoms with E-state index in [9.17, 15) is 0 Å². The van der Waals surface area contributed by atoms with Gasteiger partial charge in [0, 0.05) is 28.6 Å². The summed E-state index contributed by atoms with van der Waals surface area (Å²) < 4.78 is 10.8. The molecule has 0 saturated carbocycles. The lowest BCUT2D eigenvalue weighted by molar-refractivity contribution is 0.311. The third-order valence-corrected chi connectivity index (χ3v) is 3.84. The molecule has 1 N–H and O–H groups in total. The summed E-state index contributed by atoms with van der Waals surface area (Å²) in [7, 11) is 1.64. The molecule has 102 valence electrons. The molecule has 0 aliphatic carbocycles. The van der Waals surface area contributed by atoms with Crippen molar-refractivity contribution in [3.05, 3.63) is 39.5 Å². The number of hydrogen-bond acceptors (Lipinski definition) is 4. The van der Waals surface area contributed by atoms with Crippen molar-refractivity contribution in [2.24, 2.45) is 0 Å². The van der Waals surface area contributed by atoms with Crippen LogP contribution < -0.4 is 14.8 Å². The van der Waals surface area contributed by atoms with Crippen molar-refractivity contribution in [3.8, 4) is 11.5 Å². The Hall–Kier alpha value is -1.39. The van der Waals surface area contributed by atoms with Crippen LogP contribution in [0.25, 0.3) is 0 Å². The highest BCUT2D eigenvalue weighted by molar-refractivity contribution is 7.10. The second-order valence-corrected chi connectivity index (χ2v) is 5.32. The molecule has 0 atom stereocenters. The minimum absolute atomic E-state index is 0.611. The Labute approximate surface area is 122 Å². The van der Waals surface area contributed by atoms with Gasteiger partial charge in [-0.1, -0.05) is 11.6 Å². The molecule has 0 aliphatic heterocycles. The first kappa shape index (κ1) is 14.0. The lowest BCUT2D eigenvalue weighted by Crippen LogP contribution is -2.00. The number of nitrogens with one attached hydrogen (secondary N) is 1. The van der Waals surface area contributed by atoms with E-state index < -0.39 is 0 Å². The van der Waals surface area contributed by atoms with E-state index in [0.29, 0.717) is 6.61 Å². The van der Waals surface area contributed by atoms with Crippen molar-refractivity contribution in [2.45, 2.75) is 13.5 Å². The van der Waals surface area contributed by atoms with Crippen molar-refractivity contribution in [2.75, 3.05) is 19.0 Å². The van der Waals surface area contributed by atoms with Gasteiger partial charge < -0.3 is 14.8 Å². The summed E-state index contributed by atoms with van der Waals surface area (Å²) >= 11 is 7.53. The number of halogens is 1. The highest BCUT2D eigenvalue weighted by atomic mass is 35.5. The first-order valence-corrected chi connectivity index (χ1v) is 7.26. The molecule has 0 fully saturated rings. The van der Waals surface area contributed by atoms with Gasteiger partial charge in [0.05, 0.1) is 18.7 Å². The monoisotopic (exact) mass is 297 g/mol. The summed E-state index contributed by atoms with van der Waals surface area (Å²) in [6.45, 7) is 3.31. The van der Waals surface area contributed by atoms with Gasteiger partial charge in [0.2, 0.25) is 0 Å². The number of thiophene rings is 1. The number of ether oxygens (including phenoxy) is 2. The predicted molar refractivity (Wildman–Crippen MR) is 80.8 cm³/mol. The fourth-order valence-electron chi connectivity index (χ4n) is 1.69. The average molecular weight is 298 g/mol. The number of rotatable bonds is 6. The van der Waals surface area contributed by atoms with Crippen LogP contribution in [-0.2, 0) is 6.54 Å². The smallest absolute Gasteiger partial charge is 0.163 e. The average Bonchev–Trinajstić information content (AvgIpc) is 2.83. The standard InChI is InChI=1S/C14H16ClNO2S/c1-3-18-14-7-11(4-5-13(14)17-2)16-8-12-6-10(15)9-19-12/h4-7,9,16H,3,8H2,1-2H3. The van der Waals surface area contributed by atoms with Crippen molar-refractivity contribution in [1.82, 2.24) is 0 Å². The van der Waals surface area contributed by atoms with Crippen LogP contribution in [-0.4, -0.2) is 13.7 Å². The molecule has 0 unspecified atom stereocenters. The Morgan fingerprint density at radius 2 is 2.11 bits per heavy atom. The van der Waals surface area contributed by atoms with Crippen LogP contribution in [0.15, 0.2) is 29.6 Å². The second kappa shape index (κ2) is 6.68. The molecular weight excluding hydrogens is 282 g/mol. The lowest BCUT2D eigenvalue weighted by atomic mass is 10.2. The van der Waals surface area contributed by atoms with Crippen LogP contribution in [0.2, 0.25) is 5.02 Å². The van der Waals surface area contributed by atoms with E-state index in [-0.39, 0.29) is 0 Å². The third-order valence-electron chi connectivity index (χ3n) is 2.55. The van der Waals surface area contributed by atoms with Gasteiger partial charge in [0.25, 0.3) is 0 Å². The van der Waals surface area contributed by atoms with Crippen LogP contribution in [0.5, 0.6) is 11.5 Å². The van der Waals surface area contributed by atoms with Gasteiger partial charge in [-0.05, 0) is 25.1 Å². The number of anilines is 1. The maximum absolute atomic E-state index is 5.89. The Bertz CT molecular complexity index is 542. The van der Waals surface area contributed by atoms with Gasteiger partial charge in [-0.2, -0.15) is 0 Å². The number of hydrogen-bond donors (Lipinski definition) is 1. The predicted octanol–water partition coefficient (Wildman–Crippen LogP) is 4.42. The normalized spacial score (nSPS) is 10.3. The molecule has 2 rings (SSSR count). The number of methoxy groups -OCH3 is 1. The van der Waals surface area contributed by atoms with E-state index in [1.807, 2.05) is 36.6 Å². The molecule has 1 aromatic heterocycles. The van der Waals surface area contributed by atoms with Crippen molar-refractivity contribution < 1.29 is 9.47 Å². The molecule has 0 amide bonds. The fraction of sp³-hybridized carbons (Fsp3) is 0.286. The van der Waals surface area contributed by atoms with Crippen LogP contribution >= 0.6 is 22.9 Å². The molecule has 1 aromatic carbocycles. The summed E-state index contributed by atoms with van der Waals surface area (Å²) in [5, 5.41) is 6.05. The molecule has 19 heavy (non-hydrogen) atoms. The maximum Gasteiger partial charge on any atom is 0.163 e. The lowest BCUT2D eigenvalue weighted by Gasteiger charge is -2.12. The zero-order valence-corrected chi connectivity index (χ0v) is 12.5. The molecule has 0 aliphatic rings. The zero-order chi connectivity index (χ0) is 13.7. The SMILES string of the molecule is CCOc1cc(NCc2cc(Cl)cs2)ccc1OC. The summed E-state index contributed by atoms with van der Waals surface area (Å²) in [6, 6.07) is 7.77. The summed E-state index contributed by atoms with van der Waals surface area (Å²) in [5.74, 6) is 1.49. The highest BCUT2D eigenvalue weighted by Gasteiger charge is 2.05. The van der Waals surface area contributed by atoms with Gasteiger partial charge in [0.15, 0.2) is 11.5 Å². The first-order chi connectivity index (χ1) is 9.22. The summed E-state index contributed by atoms with van der Waals surface area (Å²) in [5.41, 5.74) is 0.994. The molecule has 0 radical (unpaired) electrons. The molecule has 1 heterocycles. The molecule has 3 nitrogen and oxygen atoms in total. The second-order valence-electron chi connectivity index (χ2n) is 3.88. The van der Waals surface area contributed by atoms with Crippen LogP contribution in [0.4, 0.5) is 5.69 Å². The van der Waals surface area contributed by atoms with Gasteiger partial charge in [-0.25, -0.2) is 0 Å². The van der Waals surface area contributed by atoms with Crippen LogP contribution in [0, 0.1) is 0 Å². The Morgan fingerprint density at radius 1 is 1.26 bits per heavy atom. The van der Waals surface area contributed by atoms with E-state index in [2.05, 4.69) is 5.32 Å². The molecule has 5 heteroatoms. The molecule has 0 bridgehead atoms. The highest BCUT2D eigenvalue weighted by Crippen LogP contribution is 2.30. The van der Waals surface area contributed by atoms with E-state index in [4.69, 9.17) is 21.1 Å². The minimum Gasteiger partial charge on any atom is -0.493 e. The quantitative estimate of drug-likeness (QED) is 0.856. The summed E-state index contributed by atoms with van der Waals surface area (Å²) in [4.78, 5) is 1.19. The fourth-order valence-corrected chi connectivity index (χ4v) is 2.70. The van der Waals surface area contributed by atoms with Crippen LogP contribution in [0.3, 0.4) is 0 Å². The number of benzene rings is 1. The summed E-state index contributed by atoms with van der Waals surface area (Å²) in [6.07, 6.45) is 0. The first-order valence-electron chi connectivity index (χ1n) is 6.00. The van der Waals surface area contributed by atoms with E-state index in [1.54, 1.807) is 18.4 Å². The van der Waals surface area contributed by atoms with Gasteiger partial charge in [-0.3, -0.25) is 0 Å². The third kappa shape index (κ3) is 3.78. The zero-order valence-electron chi connectivity index (χ0n) is 10.9. The minimum atomic E-state index is 0.611. The Morgan fingerprint density at radius 3 is 2.74 bits per heavy atom. The Balaban J connectivity index is 2.05. The van der Waals surface area contributed by atoms with Gasteiger partial charge >= 0.3 is 0 Å². The molecule has 2 aromatic rings.